The summed E-state index contributed by atoms with van der Waals surface area (Å²) in [4.78, 5) is 22.2. The molecule has 13 heteroatoms. The van der Waals surface area contributed by atoms with Crippen molar-refractivity contribution >= 4 is 72.3 Å². The van der Waals surface area contributed by atoms with Gasteiger partial charge in [0.1, 0.15) is 5.75 Å². The number of hydrogen-bond donors (Lipinski definition) is 2. The van der Waals surface area contributed by atoms with E-state index in [9.17, 15) is 13.2 Å². The average molecular weight is 623 g/mol. The van der Waals surface area contributed by atoms with Gasteiger partial charge in [-0.05, 0) is 60.7 Å². The van der Waals surface area contributed by atoms with Crippen LogP contribution in [0.3, 0.4) is 0 Å². The van der Waals surface area contributed by atoms with Gasteiger partial charge in [0.25, 0.3) is 15.9 Å². The molecule has 0 spiro atoms. The summed E-state index contributed by atoms with van der Waals surface area (Å²) in [6.07, 6.45) is 0. The standard InChI is InChI=1S/C27H28ClN5O4S2.ClH/c1-37-22-7-10-24-25(18-22)38-27(30-24)33-15-13-32(14-16-33)12-11-29-26(34)19-3-2-4-21(17-19)31-39(35,36)23-8-5-20(28)6-9-23;/h2-10,17-18,31H,11-16H2,1H3,(H,29,34);1H. The van der Waals surface area contributed by atoms with Crippen LogP contribution in [0, 0.1) is 0 Å². The van der Waals surface area contributed by atoms with Crippen molar-refractivity contribution in [2.45, 2.75) is 4.90 Å². The maximum absolute atomic E-state index is 12.7. The zero-order valence-corrected chi connectivity index (χ0v) is 24.9. The summed E-state index contributed by atoms with van der Waals surface area (Å²) in [6.45, 7) is 4.68. The second-order valence-electron chi connectivity index (χ2n) is 9.05. The van der Waals surface area contributed by atoms with Gasteiger partial charge in [0.2, 0.25) is 0 Å². The number of fused-ring (bicyclic) bond motifs is 1. The molecular formula is C27H29Cl2N5O4S2. The van der Waals surface area contributed by atoms with Crippen LogP contribution in [0.2, 0.25) is 5.02 Å². The van der Waals surface area contributed by atoms with E-state index >= 15 is 0 Å². The van der Waals surface area contributed by atoms with Crippen LogP contribution in [0.1, 0.15) is 10.4 Å². The normalized spacial score (nSPS) is 14.0. The molecule has 1 fully saturated rings. The number of sulfonamides is 1. The SMILES string of the molecule is COc1ccc2nc(N3CCN(CCNC(=O)c4cccc(NS(=O)(=O)c5ccc(Cl)cc5)c4)CC3)sc2c1.Cl. The monoisotopic (exact) mass is 621 g/mol. The maximum atomic E-state index is 12.7. The Hall–Kier alpha value is -3.09. The van der Waals surface area contributed by atoms with Crippen LogP contribution in [0.5, 0.6) is 5.75 Å². The Kier molecular flexibility index (Phi) is 9.75. The van der Waals surface area contributed by atoms with Gasteiger partial charge in [-0.25, -0.2) is 13.4 Å². The van der Waals surface area contributed by atoms with Crippen LogP contribution in [0.4, 0.5) is 10.8 Å². The van der Waals surface area contributed by atoms with E-state index in [1.807, 2.05) is 18.2 Å². The molecule has 1 amide bonds. The van der Waals surface area contributed by atoms with Gasteiger partial charge in [-0.2, -0.15) is 0 Å². The van der Waals surface area contributed by atoms with Crippen LogP contribution in [-0.4, -0.2) is 70.6 Å². The number of benzene rings is 3. The third-order valence-corrected chi connectivity index (χ3v) is 9.17. The summed E-state index contributed by atoms with van der Waals surface area (Å²) >= 11 is 7.52. The van der Waals surface area contributed by atoms with Crippen molar-refractivity contribution in [2.24, 2.45) is 0 Å². The first-order chi connectivity index (χ1) is 18.8. The highest BCUT2D eigenvalue weighted by Crippen LogP contribution is 2.31. The number of carbonyl (C=O) groups excluding carboxylic acids is 1. The number of amides is 1. The summed E-state index contributed by atoms with van der Waals surface area (Å²) < 4.78 is 34.2. The van der Waals surface area contributed by atoms with Crippen molar-refractivity contribution < 1.29 is 17.9 Å². The maximum Gasteiger partial charge on any atom is 0.261 e. The van der Waals surface area contributed by atoms with Gasteiger partial charge in [-0.1, -0.05) is 29.0 Å². The summed E-state index contributed by atoms with van der Waals surface area (Å²) in [5.74, 6) is 0.571. The predicted octanol–water partition coefficient (Wildman–Crippen LogP) is 4.73. The number of thiazole rings is 1. The number of hydrogen-bond acceptors (Lipinski definition) is 8. The van der Waals surface area contributed by atoms with Gasteiger partial charge >= 0.3 is 0 Å². The molecule has 1 aromatic heterocycles. The zero-order valence-electron chi connectivity index (χ0n) is 21.7. The number of nitrogens with one attached hydrogen (secondary N) is 2. The van der Waals surface area contributed by atoms with Crippen molar-refractivity contribution in [2.75, 3.05) is 56.0 Å². The van der Waals surface area contributed by atoms with Crippen molar-refractivity contribution in [3.63, 3.8) is 0 Å². The number of carbonyl (C=O) groups is 1. The number of piperazine rings is 1. The van der Waals surface area contributed by atoms with E-state index < -0.39 is 10.0 Å². The van der Waals surface area contributed by atoms with Gasteiger partial charge in [0.15, 0.2) is 5.13 Å². The third-order valence-electron chi connectivity index (χ3n) is 6.44. The first-order valence-electron chi connectivity index (χ1n) is 12.4. The van der Waals surface area contributed by atoms with Gasteiger partial charge in [0.05, 0.1) is 22.2 Å². The predicted molar refractivity (Wildman–Crippen MR) is 163 cm³/mol. The first-order valence-corrected chi connectivity index (χ1v) is 15.1. The minimum atomic E-state index is -3.80. The van der Waals surface area contributed by atoms with Crippen molar-refractivity contribution in [3.05, 3.63) is 77.3 Å². The molecule has 0 aliphatic carbocycles. The number of halogens is 2. The highest BCUT2D eigenvalue weighted by Gasteiger charge is 2.20. The molecule has 2 N–H and O–H groups in total. The lowest BCUT2D eigenvalue weighted by atomic mass is 10.2. The van der Waals surface area contributed by atoms with Gasteiger partial charge in [-0.3, -0.25) is 14.4 Å². The summed E-state index contributed by atoms with van der Waals surface area (Å²) in [7, 11) is -2.14. The number of aromatic nitrogens is 1. The molecule has 40 heavy (non-hydrogen) atoms. The Bertz CT molecular complexity index is 1570. The van der Waals surface area contributed by atoms with E-state index in [-0.39, 0.29) is 23.2 Å². The zero-order chi connectivity index (χ0) is 27.4. The Morgan fingerprint density at radius 1 is 1.05 bits per heavy atom. The smallest absolute Gasteiger partial charge is 0.261 e. The number of ether oxygens (including phenoxy) is 1. The molecule has 0 radical (unpaired) electrons. The minimum Gasteiger partial charge on any atom is -0.497 e. The first kappa shape index (κ1) is 29.9. The molecule has 1 aliphatic heterocycles. The highest BCUT2D eigenvalue weighted by molar-refractivity contribution is 7.92. The third kappa shape index (κ3) is 7.15. The van der Waals surface area contributed by atoms with E-state index in [1.165, 1.54) is 30.3 Å². The lowest BCUT2D eigenvalue weighted by molar-refractivity contribution is 0.0948. The molecule has 1 saturated heterocycles. The van der Waals surface area contributed by atoms with Crippen molar-refractivity contribution in [3.8, 4) is 5.75 Å². The molecule has 3 aromatic carbocycles. The molecule has 2 heterocycles. The fourth-order valence-electron chi connectivity index (χ4n) is 4.30. The molecule has 5 rings (SSSR count). The fourth-order valence-corrected chi connectivity index (χ4v) is 6.52. The van der Waals surface area contributed by atoms with Crippen LogP contribution in [0.15, 0.2) is 71.6 Å². The van der Waals surface area contributed by atoms with E-state index in [2.05, 4.69) is 19.8 Å². The summed E-state index contributed by atoms with van der Waals surface area (Å²) in [5.41, 5.74) is 1.66. The lowest BCUT2D eigenvalue weighted by Gasteiger charge is -2.34. The Balaban J connectivity index is 0.00000370. The summed E-state index contributed by atoms with van der Waals surface area (Å²) in [6, 6.07) is 18.2. The molecule has 4 aromatic rings. The van der Waals surface area contributed by atoms with E-state index in [0.717, 1.165) is 53.8 Å². The molecule has 9 nitrogen and oxygen atoms in total. The molecule has 0 bridgehead atoms. The fraction of sp³-hybridized carbons (Fsp3) is 0.259. The van der Waals surface area contributed by atoms with E-state index in [0.29, 0.717) is 22.8 Å². The molecule has 0 atom stereocenters. The molecule has 0 saturated carbocycles. The minimum absolute atomic E-state index is 0. The number of rotatable bonds is 9. The average Bonchev–Trinajstić information content (AvgIpc) is 3.37. The second kappa shape index (κ2) is 13.0. The molecule has 0 unspecified atom stereocenters. The molecular weight excluding hydrogens is 593 g/mol. The van der Waals surface area contributed by atoms with Gasteiger partial charge in [0, 0.05) is 55.5 Å². The van der Waals surface area contributed by atoms with Crippen molar-refractivity contribution in [1.82, 2.24) is 15.2 Å². The Morgan fingerprint density at radius 3 is 2.52 bits per heavy atom. The Morgan fingerprint density at radius 2 is 1.80 bits per heavy atom. The number of methoxy groups -OCH3 is 1. The van der Waals surface area contributed by atoms with Crippen LogP contribution in [-0.2, 0) is 10.0 Å². The topological polar surface area (TPSA) is 104 Å². The van der Waals surface area contributed by atoms with E-state index in [1.54, 1.807) is 36.6 Å². The van der Waals surface area contributed by atoms with Gasteiger partial charge in [-0.15, -0.1) is 12.4 Å². The lowest BCUT2D eigenvalue weighted by Crippen LogP contribution is -2.48. The van der Waals surface area contributed by atoms with E-state index in [4.69, 9.17) is 21.3 Å². The largest absolute Gasteiger partial charge is 0.497 e. The quantitative estimate of drug-likeness (QED) is 0.278. The van der Waals surface area contributed by atoms with Crippen molar-refractivity contribution in [1.29, 1.82) is 0 Å². The Labute approximate surface area is 248 Å². The second-order valence-corrected chi connectivity index (χ2v) is 12.2. The molecule has 212 valence electrons. The van der Waals surface area contributed by atoms with Crippen LogP contribution < -0.4 is 19.7 Å². The summed E-state index contributed by atoms with van der Waals surface area (Å²) in [5, 5.41) is 4.40. The number of anilines is 2. The van der Waals surface area contributed by atoms with Crippen LogP contribution >= 0.6 is 35.3 Å². The molecule has 1 aliphatic rings. The van der Waals surface area contributed by atoms with Gasteiger partial charge < -0.3 is 15.0 Å². The van der Waals surface area contributed by atoms with Crippen LogP contribution in [0.25, 0.3) is 10.2 Å². The highest BCUT2D eigenvalue weighted by atomic mass is 35.5. The number of nitrogens with zero attached hydrogens (tertiary/aromatic N) is 3.